The first-order chi connectivity index (χ1) is 11.4. The van der Waals surface area contributed by atoms with Gasteiger partial charge in [-0.05, 0) is 31.1 Å². The van der Waals surface area contributed by atoms with E-state index in [2.05, 4.69) is 16.8 Å². The van der Waals surface area contributed by atoms with Crippen molar-refractivity contribution in [2.24, 2.45) is 5.41 Å². The maximum absolute atomic E-state index is 11.7. The Morgan fingerprint density at radius 1 is 1.42 bits per heavy atom. The fourth-order valence-electron chi connectivity index (χ4n) is 4.00. The van der Waals surface area contributed by atoms with Crippen LogP contribution in [0, 0.1) is 5.41 Å². The minimum atomic E-state index is -0.744. The van der Waals surface area contributed by atoms with E-state index in [0.29, 0.717) is 13.0 Å². The Bertz CT molecular complexity index is 622. The molecule has 2 saturated heterocycles. The van der Waals surface area contributed by atoms with Crippen LogP contribution in [0.3, 0.4) is 0 Å². The van der Waals surface area contributed by atoms with Gasteiger partial charge in [0.05, 0.1) is 10.7 Å². The molecule has 0 aromatic carbocycles. The van der Waals surface area contributed by atoms with Gasteiger partial charge in [-0.25, -0.2) is 4.98 Å². The van der Waals surface area contributed by atoms with E-state index in [1.165, 1.54) is 0 Å². The second-order valence-corrected chi connectivity index (χ2v) is 8.00. The molecule has 1 aromatic rings. The second kappa shape index (κ2) is 6.80. The highest BCUT2D eigenvalue weighted by atomic mass is 32.1. The summed E-state index contributed by atoms with van der Waals surface area (Å²) >= 11 is 1.64. The van der Waals surface area contributed by atoms with Crippen molar-refractivity contribution in [3.8, 4) is 0 Å². The van der Waals surface area contributed by atoms with Gasteiger partial charge in [0.2, 0.25) is 5.91 Å². The van der Waals surface area contributed by atoms with E-state index in [9.17, 15) is 14.7 Å². The number of hydrogen-bond donors (Lipinski definition) is 1. The molecule has 1 N–H and O–H groups in total. The van der Waals surface area contributed by atoms with Crippen LogP contribution < -0.4 is 0 Å². The normalized spacial score (nSPS) is 23.8. The third-order valence-corrected chi connectivity index (χ3v) is 6.47. The van der Waals surface area contributed by atoms with Gasteiger partial charge in [-0.2, -0.15) is 0 Å². The monoisotopic (exact) mass is 351 g/mol. The molecule has 3 rings (SSSR count). The molecule has 0 bridgehead atoms. The predicted molar refractivity (Wildman–Crippen MR) is 91.9 cm³/mol. The van der Waals surface area contributed by atoms with Gasteiger partial charge in [-0.3, -0.25) is 14.5 Å². The van der Waals surface area contributed by atoms with E-state index in [4.69, 9.17) is 0 Å². The highest BCUT2D eigenvalue weighted by Gasteiger charge is 2.48. The van der Waals surface area contributed by atoms with Crippen LogP contribution >= 0.6 is 11.3 Å². The lowest BCUT2D eigenvalue weighted by atomic mass is 9.76. The van der Waals surface area contributed by atoms with Crippen LogP contribution in [0.1, 0.15) is 43.8 Å². The minimum Gasteiger partial charge on any atom is -0.480 e. The maximum Gasteiger partial charge on any atom is 0.320 e. The number of aryl methyl sites for hydroxylation is 1. The molecule has 0 saturated carbocycles. The summed E-state index contributed by atoms with van der Waals surface area (Å²) in [6.45, 7) is 6.56. The molecule has 1 spiro atoms. The number of aliphatic carboxylic acids is 1. The number of rotatable bonds is 4. The smallest absolute Gasteiger partial charge is 0.320 e. The molecular formula is C17H25N3O3S. The van der Waals surface area contributed by atoms with Gasteiger partial charge < -0.3 is 10.0 Å². The largest absolute Gasteiger partial charge is 0.480 e. The molecule has 1 atom stereocenters. The van der Waals surface area contributed by atoms with Crippen LogP contribution in [0.4, 0.5) is 0 Å². The fraction of sp³-hybridized carbons (Fsp3) is 0.706. The molecule has 0 radical (unpaired) electrons. The number of carbonyl (C=O) groups excluding carboxylic acids is 1. The first-order valence-corrected chi connectivity index (χ1v) is 9.46. The van der Waals surface area contributed by atoms with Crippen molar-refractivity contribution in [1.82, 2.24) is 14.8 Å². The maximum atomic E-state index is 11.7. The van der Waals surface area contributed by atoms with Gasteiger partial charge in [0.15, 0.2) is 0 Å². The van der Waals surface area contributed by atoms with Gasteiger partial charge in [0.1, 0.15) is 6.04 Å². The fourth-order valence-corrected chi connectivity index (χ4v) is 4.74. The molecule has 1 amide bonds. The number of carboxylic acid groups (broad SMARTS) is 1. The van der Waals surface area contributed by atoms with Crippen LogP contribution in [-0.4, -0.2) is 57.4 Å². The summed E-state index contributed by atoms with van der Waals surface area (Å²) < 4.78 is 0. The van der Waals surface area contributed by atoms with Crippen molar-refractivity contribution < 1.29 is 14.7 Å². The Morgan fingerprint density at radius 2 is 2.12 bits per heavy atom. The summed E-state index contributed by atoms with van der Waals surface area (Å²) in [4.78, 5) is 31.8. The second-order valence-electron chi connectivity index (χ2n) is 7.06. The molecule has 1 aromatic heterocycles. The van der Waals surface area contributed by atoms with Crippen LogP contribution in [0.15, 0.2) is 5.38 Å². The van der Waals surface area contributed by atoms with Crippen molar-refractivity contribution in [3.63, 3.8) is 0 Å². The average molecular weight is 351 g/mol. The van der Waals surface area contributed by atoms with Crippen LogP contribution in [-0.2, 0) is 22.6 Å². The molecule has 132 valence electrons. The molecule has 3 heterocycles. The SMILES string of the molecule is CCc1nc(CN2CC3(CCN(C(C)=O)CC3)C[C@@H]2C(=O)O)cs1. The number of nitrogens with zero attached hydrogens (tertiary/aromatic N) is 3. The lowest BCUT2D eigenvalue weighted by Crippen LogP contribution is -2.43. The van der Waals surface area contributed by atoms with E-state index in [1.807, 2.05) is 10.3 Å². The highest BCUT2D eigenvalue weighted by Crippen LogP contribution is 2.44. The zero-order valence-electron chi connectivity index (χ0n) is 14.3. The Hall–Kier alpha value is -1.47. The number of likely N-dealkylation sites (tertiary alicyclic amines) is 2. The topological polar surface area (TPSA) is 73.7 Å². The Morgan fingerprint density at radius 3 is 2.67 bits per heavy atom. The van der Waals surface area contributed by atoms with Gasteiger partial charge in [-0.1, -0.05) is 6.92 Å². The van der Waals surface area contributed by atoms with E-state index >= 15 is 0 Å². The number of thiazole rings is 1. The van der Waals surface area contributed by atoms with Gasteiger partial charge in [0.25, 0.3) is 0 Å². The third-order valence-electron chi connectivity index (χ3n) is 5.43. The highest BCUT2D eigenvalue weighted by molar-refractivity contribution is 7.09. The predicted octanol–water partition coefficient (Wildman–Crippen LogP) is 1.99. The van der Waals surface area contributed by atoms with Crippen LogP contribution in [0.5, 0.6) is 0 Å². The van der Waals surface area contributed by atoms with Crippen molar-refractivity contribution in [2.75, 3.05) is 19.6 Å². The average Bonchev–Trinajstić information content (AvgIpc) is 3.13. The van der Waals surface area contributed by atoms with E-state index in [-0.39, 0.29) is 11.3 Å². The number of hydrogen-bond acceptors (Lipinski definition) is 5. The van der Waals surface area contributed by atoms with Gasteiger partial charge >= 0.3 is 5.97 Å². The molecule has 7 heteroatoms. The summed E-state index contributed by atoms with van der Waals surface area (Å²) in [5.74, 6) is -0.629. The molecule has 0 unspecified atom stereocenters. The van der Waals surface area contributed by atoms with Crippen LogP contribution in [0.2, 0.25) is 0 Å². The number of piperidine rings is 1. The molecule has 2 fully saturated rings. The molecule has 2 aliphatic heterocycles. The first-order valence-electron chi connectivity index (χ1n) is 8.58. The van der Waals surface area contributed by atoms with E-state index in [1.54, 1.807) is 18.3 Å². The minimum absolute atomic E-state index is 0.0264. The zero-order valence-corrected chi connectivity index (χ0v) is 15.1. The molecule has 24 heavy (non-hydrogen) atoms. The quantitative estimate of drug-likeness (QED) is 0.898. The number of carboxylic acids is 1. The Labute approximate surface area is 146 Å². The Balaban J connectivity index is 1.70. The lowest BCUT2D eigenvalue weighted by Gasteiger charge is -2.39. The van der Waals surface area contributed by atoms with Gasteiger partial charge in [0, 0.05) is 38.5 Å². The lowest BCUT2D eigenvalue weighted by molar-refractivity contribution is -0.142. The first kappa shape index (κ1) is 17.4. The van der Waals surface area contributed by atoms with E-state index in [0.717, 1.165) is 49.6 Å². The van der Waals surface area contributed by atoms with Crippen molar-refractivity contribution in [2.45, 2.75) is 52.1 Å². The number of carbonyl (C=O) groups is 2. The standard InChI is InChI=1S/C17H25N3O3S/c1-3-15-18-13(10-24-15)9-20-11-17(8-14(20)16(22)23)4-6-19(7-5-17)12(2)21/h10,14H,3-9,11H2,1-2H3,(H,22,23)/t14-/m1/s1. The molecular weight excluding hydrogens is 326 g/mol. The summed E-state index contributed by atoms with van der Waals surface area (Å²) in [7, 11) is 0. The van der Waals surface area contributed by atoms with Crippen LogP contribution in [0.25, 0.3) is 0 Å². The summed E-state index contributed by atoms with van der Waals surface area (Å²) in [6.07, 6.45) is 3.38. The van der Waals surface area contributed by atoms with Crippen molar-refractivity contribution >= 4 is 23.2 Å². The molecule has 2 aliphatic rings. The van der Waals surface area contributed by atoms with Crippen molar-refractivity contribution in [1.29, 1.82) is 0 Å². The summed E-state index contributed by atoms with van der Waals surface area (Å²) in [5.41, 5.74) is 1.000. The number of aromatic nitrogens is 1. The van der Waals surface area contributed by atoms with Gasteiger partial charge in [-0.15, -0.1) is 11.3 Å². The number of amides is 1. The zero-order chi connectivity index (χ0) is 17.3. The molecule has 6 nitrogen and oxygen atoms in total. The Kier molecular flexibility index (Phi) is 4.92. The summed E-state index contributed by atoms with van der Waals surface area (Å²) in [5, 5.41) is 12.8. The van der Waals surface area contributed by atoms with E-state index < -0.39 is 12.0 Å². The molecule has 0 aliphatic carbocycles. The summed E-state index contributed by atoms with van der Waals surface area (Å²) in [6, 6.07) is -0.444. The third kappa shape index (κ3) is 3.47. The van der Waals surface area contributed by atoms with Crippen molar-refractivity contribution in [3.05, 3.63) is 16.1 Å².